The minimum atomic E-state index is -0.0851. The van der Waals surface area contributed by atoms with E-state index in [1.54, 1.807) is 0 Å². The maximum atomic E-state index is 11.0. The third-order valence-corrected chi connectivity index (χ3v) is 2.86. The SMILES string of the molecule is COC(=O)CC(C)C1CCCNC1. The smallest absolute Gasteiger partial charge is 0.305 e. The van der Waals surface area contributed by atoms with Crippen molar-refractivity contribution in [3.63, 3.8) is 0 Å². The molecule has 0 aromatic rings. The van der Waals surface area contributed by atoms with Gasteiger partial charge in [0.05, 0.1) is 7.11 Å². The van der Waals surface area contributed by atoms with E-state index in [0.717, 1.165) is 13.1 Å². The fourth-order valence-corrected chi connectivity index (χ4v) is 1.88. The van der Waals surface area contributed by atoms with Gasteiger partial charge in [0, 0.05) is 6.42 Å². The van der Waals surface area contributed by atoms with Crippen LogP contribution in [0.2, 0.25) is 0 Å². The highest BCUT2D eigenvalue weighted by Crippen LogP contribution is 2.22. The average Bonchev–Trinajstić information content (AvgIpc) is 2.19. The van der Waals surface area contributed by atoms with E-state index in [9.17, 15) is 4.79 Å². The molecule has 0 aliphatic carbocycles. The van der Waals surface area contributed by atoms with Crippen LogP contribution >= 0.6 is 0 Å². The van der Waals surface area contributed by atoms with Crippen molar-refractivity contribution in [2.45, 2.75) is 26.2 Å². The maximum Gasteiger partial charge on any atom is 0.305 e. The Labute approximate surface area is 79.8 Å². The van der Waals surface area contributed by atoms with Gasteiger partial charge in [0.15, 0.2) is 0 Å². The lowest BCUT2D eigenvalue weighted by atomic mass is 9.85. The number of nitrogens with one attached hydrogen (secondary N) is 1. The van der Waals surface area contributed by atoms with Crippen molar-refractivity contribution in [3.05, 3.63) is 0 Å². The third-order valence-electron chi connectivity index (χ3n) is 2.86. The molecule has 1 saturated heterocycles. The Hall–Kier alpha value is -0.570. The lowest BCUT2D eigenvalue weighted by Gasteiger charge is -2.27. The molecule has 13 heavy (non-hydrogen) atoms. The molecule has 0 saturated carbocycles. The van der Waals surface area contributed by atoms with Crippen LogP contribution in [0.25, 0.3) is 0 Å². The molecule has 1 rings (SSSR count). The van der Waals surface area contributed by atoms with Crippen molar-refractivity contribution < 1.29 is 9.53 Å². The van der Waals surface area contributed by atoms with Crippen molar-refractivity contribution in [1.82, 2.24) is 5.32 Å². The van der Waals surface area contributed by atoms with Crippen molar-refractivity contribution in [2.24, 2.45) is 11.8 Å². The molecule has 2 atom stereocenters. The van der Waals surface area contributed by atoms with Crippen LogP contribution in [0.1, 0.15) is 26.2 Å². The number of esters is 1. The highest BCUT2D eigenvalue weighted by Gasteiger charge is 2.21. The summed E-state index contributed by atoms with van der Waals surface area (Å²) in [5.74, 6) is 1.01. The Morgan fingerprint density at radius 1 is 1.69 bits per heavy atom. The molecule has 0 amide bonds. The van der Waals surface area contributed by atoms with Crippen LogP contribution in [-0.2, 0) is 9.53 Å². The summed E-state index contributed by atoms with van der Waals surface area (Å²) in [6.45, 7) is 4.31. The molecule has 0 bridgehead atoms. The van der Waals surface area contributed by atoms with Gasteiger partial charge in [-0.05, 0) is 37.8 Å². The minimum absolute atomic E-state index is 0.0851. The second-order valence-electron chi connectivity index (χ2n) is 3.86. The van der Waals surface area contributed by atoms with Crippen LogP contribution in [0.3, 0.4) is 0 Å². The predicted octanol–water partition coefficient (Wildman–Crippen LogP) is 1.19. The van der Waals surface area contributed by atoms with Crippen LogP contribution in [-0.4, -0.2) is 26.2 Å². The first-order valence-electron chi connectivity index (χ1n) is 5.01. The number of ether oxygens (including phenoxy) is 1. The number of hydrogen-bond donors (Lipinski definition) is 1. The van der Waals surface area contributed by atoms with Gasteiger partial charge in [-0.15, -0.1) is 0 Å². The van der Waals surface area contributed by atoms with Gasteiger partial charge in [0.2, 0.25) is 0 Å². The van der Waals surface area contributed by atoms with E-state index in [4.69, 9.17) is 0 Å². The van der Waals surface area contributed by atoms with E-state index >= 15 is 0 Å². The molecule has 0 radical (unpaired) electrons. The fourth-order valence-electron chi connectivity index (χ4n) is 1.88. The number of rotatable bonds is 3. The van der Waals surface area contributed by atoms with Crippen LogP contribution in [0.4, 0.5) is 0 Å². The van der Waals surface area contributed by atoms with Gasteiger partial charge in [-0.25, -0.2) is 0 Å². The summed E-state index contributed by atoms with van der Waals surface area (Å²) in [5, 5.41) is 3.35. The van der Waals surface area contributed by atoms with Crippen molar-refractivity contribution in [2.75, 3.05) is 20.2 Å². The fraction of sp³-hybridized carbons (Fsp3) is 0.900. The highest BCUT2D eigenvalue weighted by atomic mass is 16.5. The second-order valence-corrected chi connectivity index (χ2v) is 3.86. The lowest BCUT2D eigenvalue weighted by Crippen LogP contribution is -2.34. The number of piperidine rings is 1. The average molecular weight is 185 g/mol. The van der Waals surface area contributed by atoms with E-state index in [2.05, 4.69) is 17.0 Å². The first kappa shape index (κ1) is 10.5. The topological polar surface area (TPSA) is 38.3 Å². The molecule has 3 heteroatoms. The number of hydrogen-bond acceptors (Lipinski definition) is 3. The zero-order valence-electron chi connectivity index (χ0n) is 8.51. The predicted molar refractivity (Wildman–Crippen MR) is 51.4 cm³/mol. The first-order valence-corrected chi connectivity index (χ1v) is 5.01. The summed E-state index contributed by atoms with van der Waals surface area (Å²) >= 11 is 0. The Morgan fingerprint density at radius 2 is 2.46 bits per heavy atom. The van der Waals surface area contributed by atoms with Gasteiger partial charge >= 0.3 is 5.97 Å². The first-order chi connectivity index (χ1) is 6.24. The van der Waals surface area contributed by atoms with Crippen LogP contribution in [0, 0.1) is 11.8 Å². The molecule has 0 spiro atoms. The summed E-state index contributed by atoms with van der Waals surface area (Å²) in [7, 11) is 1.45. The Bertz CT molecular complexity index is 164. The van der Waals surface area contributed by atoms with Gasteiger partial charge < -0.3 is 10.1 Å². The van der Waals surface area contributed by atoms with Gasteiger partial charge in [-0.2, -0.15) is 0 Å². The van der Waals surface area contributed by atoms with Gasteiger partial charge in [-0.3, -0.25) is 4.79 Å². The summed E-state index contributed by atoms with van der Waals surface area (Å²) < 4.78 is 4.65. The minimum Gasteiger partial charge on any atom is -0.469 e. The molecule has 76 valence electrons. The molecule has 2 unspecified atom stereocenters. The molecule has 0 aromatic heterocycles. The number of carbonyl (C=O) groups is 1. The van der Waals surface area contributed by atoms with E-state index < -0.39 is 0 Å². The van der Waals surface area contributed by atoms with E-state index in [-0.39, 0.29) is 5.97 Å². The van der Waals surface area contributed by atoms with Gasteiger partial charge in [-0.1, -0.05) is 6.92 Å². The molecule has 0 aromatic carbocycles. The van der Waals surface area contributed by atoms with E-state index in [0.29, 0.717) is 18.3 Å². The molecular formula is C10H19NO2. The summed E-state index contributed by atoms with van der Waals surface area (Å²) in [4.78, 5) is 11.0. The molecule has 1 fully saturated rings. The Balaban J connectivity index is 2.28. The number of carbonyl (C=O) groups excluding carboxylic acids is 1. The molecule has 1 heterocycles. The monoisotopic (exact) mass is 185 g/mol. The van der Waals surface area contributed by atoms with Gasteiger partial charge in [0.1, 0.15) is 0 Å². The molecule has 1 aliphatic heterocycles. The Kier molecular flexibility index (Phi) is 4.22. The Morgan fingerprint density at radius 3 is 3.00 bits per heavy atom. The van der Waals surface area contributed by atoms with Crippen molar-refractivity contribution >= 4 is 5.97 Å². The molecule has 3 nitrogen and oxygen atoms in total. The largest absolute Gasteiger partial charge is 0.469 e. The van der Waals surface area contributed by atoms with Crippen molar-refractivity contribution in [1.29, 1.82) is 0 Å². The zero-order chi connectivity index (χ0) is 9.68. The number of methoxy groups -OCH3 is 1. The molecule has 1 N–H and O–H groups in total. The normalized spacial score (nSPS) is 25.2. The van der Waals surface area contributed by atoms with Crippen LogP contribution in [0.15, 0.2) is 0 Å². The lowest BCUT2D eigenvalue weighted by molar-refractivity contribution is -0.142. The molecule has 1 aliphatic rings. The third kappa shape index (κ3) is 3.35. The summed E-state index contributed by atoms with van der Waals surface area (Å²) in [6, 6.07) is 0. The highest BCUT2D eigenvalue weighted by molar-refractivity contribution is 5.69. The van der Waals surface area contributed by atoms with Crippen LogP contribution in [0.5, 0.6) is 0 Å². The second kappa shape index (κ2) is 5.22. The van der Waals surface area contributed by atoms with Crippen LogP contribution < -0.4 is 5.32 Å². The maximum absolute atomic E-state index is 11.0. The van der Waals surface area contributed by atoms with Gasteiger partial charge in [0.25, 0.3) is 0 Å². The summed E-state index contributed by atoms with van der Waals surface area (Å²) in [6.07, 6.45) is 3.03. The van der Waals surface area contributed by atoms with Crippen molar-refractivity contribution in [3.8, 4) is 0 Å². The standard InChI is InChI=1S/C10H19NO2/c1-8(6-10(12)13-2)9-4-3-5-11-7-9/h8-9,11H,3-7H2,1-2H3. The van der Waals surface area contributed by atoms with E-state index in [1.807, 2.05) is 0 Å². The van der Waals surface area contributed by atoms with E-state index in [1.165, 1.54) is 20.0 Å². The molecular weight excluding hydrogens is 166 g/mol. The summed E-state index contributed by atoms with van der Waals surface area (Å²) in [5.41, 5.74) is 0. The quantitative estimate of drug-likeness (QED) is 0.671. The zero-order valence-corrected chi connectivity index (χ0v) is 8.51.